The number of carbonyl (C=O) groups is 2. The molecule has 5 rings (SSSR count). The van der Waals surface area contributed by atoms with Crippen molar-refractivity contribution in [2.45, 2.75) is 38.0 Å². The minimum Gasteiger partial charge on any atom is -0.336 e. The molecule has 2 heterocycles. The number of alkyl halides is 3. The number of benzene rings is 3. The van der Waals surface area contributed by atoms with Crippen LogP contribution in [0, 0.1) is 5.82 Å². The molecule has 3 aromatic rings. The van der Waals surface area contributed by atoms with Crippen molar-refractivity contribution in [3.8, 4) is 0 Å². The summed E-state index contributed by atoms with van der Waals surface area (Å²) in [5.74, 6) is -1.92. The number of hydrazone groups is 1. The van der Waals surface area contributed by atoms with Crippen molar-refractivity contribution in [3.63, 3.8) is 0 Å². The lowest BCUT2D eigenvalue weighted by molar-refractivity contribution is -0.140. The summed E-state index contributed by atoms with van der Waals surface area (Å²) in [6.45, 7) is 2.56. The molecule has 0 aromatic heterocycles. The molecule has 2 atom stereocenters. The Balaban J connectivity index is 1.38. The smallest absolute Gasteiger partial charge is 0.336 e. The first kappa shape index (κ1) is 30.0. The summed E-state index contributed by atoms with van der Waals surface area (Å²) in [5.41, 5.74) is 1.58. The standard InChI is InChI=1S/C30H26Cl2F4N4O2/c1-17-11-28(41)40(37-17)21-7-4-19(5-8-21)29(42)39-15-22(20-6-10-24(31)25(32)13-20)27(16-39)38(2)14-18-3-9-23(26(33)12-18)30(34,35)36/h3-10,12-13,22,27H,11,14-16H2,1-2H3. The van der Waals surface area contributed by atoms with E-state index in [1.807, 2.05) is 11.0 Å². The van der Waals surface area contributed by atoms with Gasteiger partial charge >= 0.3 is 6.18 Å². The second-order valence-corrected chi connectivity index (χ2v) is 11.4. The first-order valence-corrected chi connectivity index (χ1v) is 13.8. The average molecular weight is 621 g/mol. The molecule has 0 spiro atoms. The zero-order chi connectivity index (χ0) is 30.3. The van der Waals surface area contributed by atoms with Crippen molar-refractivity contribution in [1.82, 2.24) is 9.80 Å². The number of hydrogen-bond acceptors (Lipinski definition) is 4. The maximum absolute atomic E-state index is 14.3. The zero-order valence-electron chi connectivity index (χ0n) is 22.6. The van der Waals surface area contributed by atoms with Gasteiger partial charge in [-0.15, -0.1) is 0 Å². The van der Waals surface area contributed by atoms with Gasteiger partial charge in [-0.25, -0.2) is 9.40 Å². The molecule has 2 amide bonds. The van der Waals surface area contributed by atoms with Crippen LogP contribution in [0.4, 0.5) is 23.2 Å². The van der Waals surface area contributed by atoms with Crippen molar-refractivity contribution in [2.24, 2.45) is 5.10 Å². The van der Waals surface area contributed by atoms with Crippen LogP contribution in [0.1, 0.15) is 46.3 Å². The van der Waals surface area contributed by atoms with Gasteiger partial charge in [-0.3, -0.25) is 14.5 Å². The fourth-order valence-corrected chi connectivity index (χ4v) is 5.75. The van der Waals surface area contributed by atoms with E-state index in [1.54, 1.807) is 55.3 Å². The molecule has 42 heavy (non-hydrogen) atoms. The number of carbonyl (C=O) groups excluding carboxylic acids is 2. The molecule has 3 aromatic carbocycles. The summed E-state index contributed by atoms with van der Waals surface area (Å²) in [6.07, 6.45) is -4.53. The summed E-state index contributed by atoms with van der Waals surface area (Å²) in [7, 11) is 1.78. The van der Waals surface area contributed by atoms with E-state index < -0.39 is 17.6 Å². The van der Waals surface area contributed by atoms with E-state index in [4.69, 9.17) is 23.2 Å². The van der Waals surface area contributed by atoms with Gasteiger partial charge in [0.15, 0.2) is 0 Å². The molecule has 2 aliphatic heterocycles. The van der Waals surface area contributed by atoms with Crippen molar-refractivity contribution < 1.29 is 27.2 Å². The van der Waals surface area contributed by atoms with Gasteiger partial charge in [0.2, 0.25) is 0 Å². The quantitative estimate of drug-likeness (QED) is 0.279. The van der Waals surface area contributed by atoms with E-state index in [0.29, 0.717) is 45.7 Å². The van der Waals surface area contributed by atoms with E-state index in [0.717, 1.165) is 17.7 Å². The van der Waals surface area contributed by atoms with Crippen molar-refractivity contribution >= 4 is 46.4 Å². The lowest BCUT2D eigenvalue weighted by Gasteiger charge is -2.29. The van der Waals surface area contributed by atoms with E-state index in [-0.39, 0.29) is 36.7 Å². The molecule has 1 saturated heterocycles. The Bertz CT molecular complexity index is 1560. The van der Waals surface area contributed by atoms with Crippen LogP contribution < -0.4 is 5.01 Å². The first-order valence-electron chi connectivity index (χ1n) is 13.1. The minimum absolute atomic E-state index is 0.144. The SMILES string of the molecule is CC1=NN(c2ccc(C(=O)N3CC(c4ccc(Cl)c(Cl)c4)C(N(C)Cc4ccc(C(F)(F)F)c(F)c4)C3)cc2)C(=O)C1. The number of nitrogens with zero attached hydrogens (tertiary/aromatic N) is 4. The predicted octanol–water partition coefficient (Wildman–Crippen LogP) is 7.00. The molecule has 0 saturated carbocycles. The third kappa shape index (κ3) is 6.16. The van der Waals surface area contributed by atoms with E-state index >= 15 is 0 Å². The normalized spacial score (nSPS) is 19.2. The Labute approximate surface area is 250 Å². The number of hydrogen-bond donors (Lipinski definition) is 0. The van der Waals surface area contributed by atoms with Gasteiger partial charge < -0.3 is 4.90 Å². The van der Waals surface area contributed by atoms with Crippen LogP contribution in [-0.4, -0.2) is 53.5 Å². The van der Waals surface area contributed by atoms with Gasteiger partial charge in [-0.1, -0.05) is 35.3 Å². The molecule has 12 heteroatoms. The monoisotopic (exact) mass is 620 g/mol. The average Bonchev–Trinajstić information content (AvgIpc) is 3.52. The third-order valence-corrected chi connectivity index (χ3v) is 8.30. The maximum atomic E-state index is 14.3. The van der Waals surface area contributed by atoms with Gasteiger partial charge in [0.25, 0.3) is 11.8 Å². The number of likely N-dealkylation sites (tertiary alicyclic amines) is 1. The molecule has 2 unspecified atom stereocenters. The van der Waals surface area contributed by atoms with Crippen LogP contribution in [0.25, 0.3) is 0 Å². The van der Waals surface area contributed by atoms with Crippen molar-refractivity contribution in [1.29, 1.82) is 0 Å². The van der Waals surface area contributed by atoms with Crippen LogP contribution in [-0.2, 0) is 17.5 Å². The first-order chi connectivity index (χ1) is 19.8. The molecule has 220 valence electrons. The maximum Gasteiger partial charge on any atom is 0.419 e. The van der Waals surface area contributed by atoms with Crippen LogP contribution in [0.2, 0.25) is 10.0 Å². The van der Waals surface area contributed by atoms with Gasteiger partial charge in [0.1, 0.15) is 5.82 Å². The highest BCUT2D eigenvalue weighted by Gasteiger charge is 2.39. The van der Waals surface area contributed by atoms with Crippen molar-refractivity contribution in [3.05, 3.63) is 98.8 Å². The molecule has 0 N–H and O–H groups in total. The summed E-state index contributed by atoms with van der Waals surface area (Å²) in [4.78, 5) is 29.4. The van der Waals surface area contributed by atoms with Crippen LogP contribution in [0.3, 0.4) is 0 Å². The summed E-state index contributed by atoms with van der Waals surface area (Å²) >= 11 is 12.4. The Morgan fingerprint density at radius 2 is 1.74 bits per heavy atom. The van der Waals surface area contributed by atoms with Gasteiger partial charge in [0, 0.05) is 42.9 Å². The number of halogens is 6. The fraction of sp³-hybridized carbons (Fsp3) is 0.300. The second-order valence-electron chi connectivity index (χ2n) is 10.5. The molecule has 6 nitrogen and oxygen atoms in total. The molecular formula is C30H26Cl2F4N4O2. The fourth-order valence-electron chi connectivity index (χ4n) is 5.45. The highest BCUT2D eigenvalue weighted by Crippen LogP contribution is 2.36. The second kappa shape index (κ2) is 11.7. The van der Waals surface area contributed by atoms with E-state index in [1.165, 1.54) is 11.1 Å². The zero-order valence-corrected chi connectivity index (χ0v) is 24.1. The predicted molar refractivity (Wildman–Crippen MR) is 153 cm³/mol. The van der Waals surface area contributed by atoms with Crippen molar-refractivity contribution in [2.75, 3.05) is 25.1 Å². The number of rotatable bonds is 6. The van der Waals surface area contributed by atoms with Crippen LogP contribution in [0.15, 0.2) is 65.8 Å². The van der Waals surface area contributed by atoms with Crippen LogP contribution >= 0.6 is 23.2 Å². The number of anilines is 1. The van der Waals surface area contributed by atoms with E-state index in [9.17, 15) is 27.2 Å². The lowest BCUT2D eigenvalue weighted by atomic mass is 9.93. The summed E-state index contributed by atoms with van der Waals surface area (Å²) in [6, 6.07) is 14.5. The molecular weight excluding hydrogens is 595 g/mol. The van der Waals surface area contributed by atoms with E-state index in [2.05, 4.69) is 5.10 Å². The summed E-state index contributed by atoms with van der Waals surface area (Å²) < 4.78 is 53.4. The number of amides is 2. The number of likely N-dealkylation sites (N-methyl/N-ethyl adjacent to an activating group) is 1. The Morgan fingerprint density at radius 1 is 1.02 bits per heavy atom. The molecule has 2 aliphatic rings. The van der Waals surface area contributed by atoms with Gasteiger partial charge in [-0.2, -0.15) is 18.3 Å². The highest BCUT2D eigenvalue weighted by atomic mass is 35.5. The van der Waals surface area contributed by atoms with Gasteiger partial charge in [0.05, 0.1) is 27.7 Å². The molecule has 0 aliphatic carbocycles. The summed E-state index contributed by atoms with van der Waals surface area (Å²) in [5, 5.41) is 6.29. The topological polar surface area (TPSA) is 56.2 Å². The third-order valence-electron chi connectivity index (χ3n) is 7.56. The highest BCUT2D eigenvalue weighted by molar-refractivity contribution is 6.42. The Hall–Kier alpha value is -3.47. The molecule has 0 bridgehead atoms. The lowest BCUT2D eigenvalue weighted by Crippen LogP contribution is -2.38. The minimum atomic E-state index is -4.78. The van der Waals surface area contributed by atoms with Crippen LogP contribution in [0.5, 0.6) is 0 Å². The Morgan fingerprint density at radius 3 is 2.33 bits per heavy atom. The van der Waals surface area contributed by atoms with Gasteiger partial charge in [-0.05, 0) is 73.6 Å². The molecule has 0 radical (unpaired) electrons. The molecule has 1 fully saturated rings. The largest absolute Gasteiger partial charge is 0.419 e. The Kier molecular flexibility index (Phi) is 8.33.